The average molecular weight is 359 g/mol. The van der Waals surface area contributed by atoms with Crippen molar-refractivity contribution in [3.8, 4) is 11.4 Å². The Morgan fingerprint density at radius 1 is 1.23 bits per heavy atom. The summed E-state index contributed by atoms with van der Waals surface area (Å²) < 4.78 is 16.5. The van der Waals surface area contributed by atoms with E-state index in [2.05, 4.69) is 10.1 Å². The van der Waals surface area contributed by atoms with E-state index in [1.807, 2.05) is 51.1 Å². The Bertz CT molecular complexity index is 716. The summed E-state index contributed by atoms with van der Waals surface area (Å²) >= 11 is 0. The minimum atomic E-state index is -0.473. The molecule has 1 aromatic carbocycles. The normalized spacial score (nSPS) is 15.9. The largest absolute Gasteiger partial charge is 0.444 e. The smallest absolute Gasteiger partial charge is 0.410 e. The predicted molar refractivity (Wildman–Crippen MR) is 95.4 cm³/mol. The lowest BCUT2D eigenvalue weighted by Gasteiger charge is -2.33. The van der Waals surface area contributed by atoms with Gasteiger partial charge in [-0.05, 0) is 33.6 Å². The summed E-state index contributed by atoms with van der Waals surface area (Å²) in [6, 6.07) is 9.67. The van der Waals surface area contributed by atoms with Gasteiger partial charge in [-0.3, -0.25) is 0 Å². The van der Waals surface area contributed by atoms with Gasteiger partial charge in [-0.25, -0.2) is 4.79 Å². The molecule has 3 rings (SSSR count). The van der Waals surface area contributed by atoms with Gasteiger partial charge in [-0.15, -0.1) is 0 Å². The first-order chi connectivity index (χ1) is 12.4. The summed E-state index contributed by atoms with van der Waals surface area (Å²) in [5, 5.41) is 3.98. The number of hydrogen-bond acceptors (Lipinski definition) is 6. The standard InChI is InChI=1S/C19H25N3O4/c1-19(2,3)25-18(23)22-11-9-15(10-12-22)24-13-16-20-17(21-26-16)14-7-5-4-6-8-14/h4-8,15H,9-13H2,1-3H3. The molecule has 7 nitrogen and oxygen atoms in total. The first kappa shape index (κ1) is 18.4. The third-order valence-electron chi connectivity index (χ3n) is 4.04. The molecule has 1 aliphatic rings. The Labute approximate surface area is 153 Å². The van der Waals surface area contributed by atoms with Crippen LogP contribution in [0.5, 0.6) is 0 Å². The number of nitrogens with zero attached hydrogens (tertiary/aromatic N) is 3. The predicted octanol–water partition coefficient (Wildman–Crippen LogP) is 3.65. The zero-order valence-electron chi connectivity index (χ0n) is 15.5. The second kappa shape index (κ2) is 7.86. The van der Waals surface area contributed by atoms with E-state index in [1.54, 1.807) is 4.90 Å². The molecule has 0 N–H and O–H groups in total. The van der Waals surface area contributed by atoms with Crippen molar-refractivity contribution in [2.24, 2.45) is 0 Å². The quantitative estimate of drug-likeness (QED) is 0.829. The highest BCUT2D eigenvalue weighted by molar-refractivity contribution is 5.68. The van der Waals surface area contributed by atoms with Crippen LogP contribution in [0, 0.1) is 0 Å². The summed E-state index contributed by atoms with van der Waals surface area (Å²) in [6.07, 6.45) is 1.33. The summed E-state index contributed by atoms with van der Waals surface area (Å²) in [5.41, 5.74) is 0.437. The lowest BCUT2D eigenvalue weighted by atomic mass is 10.1. The Morgan fingerprint density at radius 3 is 2.58 bits per heavy atom. The maximum absolute atomic E-state index is 12.1. The van der Waals surface area contributed by atoms with Gasteiger partial charge in [0.1, 0.15) is 12.2 Å². The highest BCUT2D eigenvalue weighted by Gasteiger charge is 2.27. The number of aromatic nitrogens is 2. The fourth-order valence-electron chi connectivity index (χ4n) is 2.74. The number of likely N-dealkylation sites (tertiary alicyclic amines) is 1. The minimum absolute atomic E-state index is 0.0702. The van der Waals surface area contributed by atoms with Crippen molar-refractivity contribution < 1.29 is 18.8 Å². The second-order valence-electron chi connectivity index (χ2n) is 7.36. The third kappa shape index (κ3) is 5.05. The monoisotopic (exact) mass is 359 g/mol. The fraction of sp³-hybridized carbons (Fsp3) is 0.526. The molecule has 0 aliphatic carbocycles. The lowest BCUT2D eigenvalue weighted by Crippen LogP contribution is -2.43. The summed E-state index contributed by atoms with van der Waals surface area (Å²) in [7, 11) is 0. The molecule has 1 aliphatic heterocycles. The fourth-order valence-corrected chi connectivity index (χ4v) is 2.74. The van der Waals surface area contributed by atoms with Gasteiger partial charge in [0.25, 0.3) is 5.89 Å². The molecule has 1 amide bonds. The van der Waals surface area contributed by atoms with E-state index in [9.17, 15) is 4.79 Å². The average Bonchev–Trinajstić information content (AvgIpc) is 3.09. The first-order valence-corrected chi connectivity index (χ1v) is 8.88. The molecule has 0 radical (unpaired) electrons. The van der Waals surface area contributed by atoms with E-state index in [0.29, 0.717) is 24.8 Å². The molecule has 2 aromatic rings. The molecule has 2 heterocycles. The molecular formula is C19H25N3O4. The van der Waals surface area contributed by atoms with E-state index >= 15 is 0 Å². The van der Waals surface area contributed by atoms with Gasteiger partial charge in [-0.2, -0.15) is 4.98 Å². The van der Waals surface area contributed by atoms with Crippen LogP contribution in [0.25, 0.3) is 11.4 Å². The van der Waals surface area contributed by atoms with E-state index in [-0.39, 0.29) is 18.8 Å². The molecule has 26 heavy (non-hydrogen) atoms. The number of amides is 1. The lowest BCUT2D eigenvalue weighted by molar-refractivity contribution is -0.0231. The van der Waals surface area contributed by atoms with Crippen molar-refractivity contribution >= 4 is 6.09 Å². The van der Waals surface area contributed by atoms with Crippen LogP contribution in [0.3, 0.4) is 0 Å². The van der Waals surface area contributed by atoms with E-state index in [1.165, 1.54) is 0 Å². The van der Waals surface area contributed by atoms with Crippen molar-refractivity contribution in [2.45, 2.75) is 51.9 Å². The van der Waals surface area contributed by atoms with Crippen LogP contribution in [-0.4, -0.2) is 45.9 Å². The maximum Gasteiger partial charge on any atom is 0.410 e. The Balaban J connectivity index is 1.44. The van der Waals surface area contributed by atoms with Crippen molar-refractivity contribution in [3.05, 3.63) is 36.2 Å². The molecule has 7 heteroatoms. The topological polar surface area (TPSA) is 77.7 Å². The van der Waals surface area contributed by atoms with Crippen molar-refractivity contribution in [2.75, 3.05) is 13.1 Å². The molecule has 1 fully saturated rings. The van der Waals surface area contributed by atoms with Crippen molar-refractivity contribution in [3.63, 3.8) is 0 Å². The molecule has 1 aromatic heterocycles. The van der Waals surface area contributed by atoms with Gasteiger partial charge in [0.15, 0.2) is 0 Å². The zero-order chi connectivity index (χ0) is 18.6. The second-order valence-corrected chi connectivity index (χ2v) is 7.36. The summed E-state index contributed by atoms with van der Waals surface area (Å²) in [5.74, 6) is 1.02. The number of piperidine rings is 1. The number of hydrogen-bond donors (Lipinski definition) is 0. The van der Waals surface area contributed by atoms with Crippen LogP contribution in [0.1, 0.15) is 39.5 Å². The van der Waals surface area contributed by atoms with Crippen LogP contribution in [0.15, 0.2) is 34.9 Å². The Morgan fingerprint density at radius 2 is 1.92 bits per heavy atom. The van der Waals surface area contributed by atoms with Crippen LogP contribution < -0.4 is 0 Å². The molecule has 1 saturated heterocycles. The minimum Gasteiger partial charge on any atom is -0.444 e. The summed E-state index contributed by atoms with van der Waals surface area (Å²) in [6.45, 7) is 7.13. The van der Waals surface area contributed by atoms with Crippen molar-refractivity contribution in [1.29, 1.82) is 0 Å². The molecular weight excluding hydrogens is 334 g/mol. The maximum atomic E-state index is 12.1. The Kier molecular flexibility index (Phi) is 5.56. The van der Waals surface area contributed by atoms with E-state index in [0.717, 1.165) is 18.4 Å². The highest BCUT2D eigenvalue weighted by atomic mass is 16.6. The van der Waals surface area contributed by atoms with Gasteiger partial charge < -0.3 is 18.9 Å². The SMILES string of the molecule is CC(C)(C)OC(=O)N1CCC(OCc2nc(-c3ccccc3)no2)CC1. The van der Waals surface area contributed by atoms with Crippen LogP contribution >= 0.6 is 0 Å². The summed E-state index contributed by atoms with van der Waals surface area (Å²) in [4.78, 5) is 18.2. The molecule has 0 unspecified atom stereocenters. The van der Waals surface area contributed by atoms with Crippen molar-refractivity contribution in [1.82, 2.24) is 15.0 Å². The molecule has 0 saturated carbocycles. The first-order valence-electron chi connectivity index (χ1n) is 8.88. The molecule has 0 bridgehead atoms. The van der Waals surface area contributed by atoms with E-state index < -0.39 is 5.60 Å². The molecule has 0 atom stereocenters. The van der Waals surface area contributed by atoms with Crippen LogP contribution in [0.4, 0.5) is 4.79 Å². The van der Waals surface area contributed by atoms with Gasteiger partial charge in [0.05, 0.1) is 6.10 Å². The molecule has 0 spiro atoms. The number of ether oxygens (including phenoxy) is 2. The van der Waals surface area contributed by atoms with E-state index in [4.69, 9.17) is 14.0 Å². The van der Waals surface area contributed by atoms with Gasteiger partial charge in [-0.1, -0.05) is 35.5 Å². The highest BCUT2D eigenvalue weighted by Crippen LogP contribution is 2.19. The van der Waals surface area contributed by atoms with Crippen LogP contribution in [-0.2, 0) is 16.1 Å². The van der Waals surface area contributed by atoms with Gasteiger partial charge in [0.2, 0.25) is 5.82 Å². The Hall–Kier alpha value is -2.41. The van der Waals surface area contributed by atoms with Crippen LogP contribution in [0.2, 0.25) is 0 Å². The number of rotatable bonds is 4. The number of benzene rings is 1. The number of carbonyl (C=O) groups is 1. The molecule has 140 valence electrons. The number of carbonyl (C=O) groups excluding carboxylic acids is 1. The zero-order valence-corrected chi connectivity index (χ0v) is 15.5. The third-order valence-corrected chi connectivity index (χ3v) is 4.04. The van der Waals surface area contributed by atoms with Gasteiger partial charge in [0, 0.05) is 18.7 Å². The van der Waals surface area contributed by atoms with Gasteiger partial charge >= 0.3 is 6.09 Å².